The maximum Gasteiger partial charge on any atom is 0.261 e. The first-order valence-corrected chi connectivity index (χ1v) is 10.7. The van der Waals surface area contributed by atoms with Crippen molar-refractivity contribution in [1.82, 2.24) is 10.2 Å². The first-order valence-electron chi connectivity index (χ1n) is 9.57. The van der Waals surface area contributed by atoms with Gasteiger partial charge in [-0.3, -0.25) is 9.59 Å². The molecule has 5 nitrogen and oxygen atoms in total. The van der Waals surface area contributed by atoms with Crippen molar-refractivity contribution in [3.05, 3.63) is 63.1 Å². The molecule has 0 saturated carbocycles. The van der Waals surface area contributed by atoms with Gasteiger partial charge in [0.15, 0.2) is 6.61 Å². The largest absolute Gasteiger partial charge is 0.482 e. The summed E-state index contributed by atoms with van der Waals surface area (Å²) in [6, 6.07) is 11.2. The van der Waals surface area contributed by atoms with E-state index in [1.807, 2.05) is 13.8 Å². The topological polar surface area (TPSA) is 58.6 Å². The van der Waals surface area contributed by atoms with Gasteiger partial charge in [-0.25, -0.2) is 0 Å². The Bertz CT molecular complexity index is 890. The molecule has 0 aliphatic heterocycles. The van der Waals surface area contributed by atoms with Crippen molar-refractivity contribution in [3.63, 3.8) is 0 Å². The second kappa shape index (κ2) is 11.4. The Hall–Kier alpha value is -1.95. The molecule has 8 heteroatoms. The van der Waals surface area contributed by atoms with Crippen LogP contribution < -0.4 is 10.1 Å². The summed E-state index contributed by atoms with van der Waals surface area (Å²) in [7, 11) is 0. The second-order valence-electron chi connectivity index (χ2n) is 7.29. The summed E-state index contributed by atoms with van der Waals surface area (Å²) in [4.78, 5) is 27.1. The standard InChI is InChI=1S/C22H25Cl3N2O3/c1-14(2)11-26-22(29)15(3)27(12-16-8-9-17(23)10-19(16)25)21(28)13-30-20-7-5-4-6-18(20)24/h4-10,14-15H,11-13H2,1-3H3,(H,26,29)/t15-/m1/s1. The van der Waals surface area contributed by atoms with E-state index < -0.39 is 6.04 Å². The highest BCUT2D eigenvalue weighted by molar-refractivity contribution is 6.35. The van der Waals surface area contributed by atoms with Crippen molar-refractivity contribution in [2.24, 2.45) is 5.92 Å². The molecular weight excluding hydrogens is 447 g/mol. The van der Waals surface area contributed by atoms with Crippen LogP contribution in [0.15, 0.2) is 42.5 Å². The van der Waals surface area contributed by atoms with Gasteiger partial charge in [0, 0.05) is 23.1 Å². The van der Waals surface area contributed by atoms with Crippen molar-refractivity contribution in [2.45, 2.75) is 33.4 Å². The molecule has 2 aromatic carbocycles. The lowest BCUT2D eigenvalue weighted by Gasteiger charge is -2.29. The molecule has 2 aromatic rings. The van der Waals surface area contributed by atoms with Gasteiger partial charge in [0.2, 0.25) is 5.91 Å². The molecule has 0 heterocycles. The summed E-state index contributed by atoms with van der Waals surface area (Å²) >= 11 is 18.4. The fourth-order valence-electron chi connectivity index (χ4n) is 2.65. The smallest absolute Gasteiger partial charge is 0.261 e. The lowest BCUT2D eigenvalue weighted by Crippen LogP contribution is -2.49. The molecule has 0 bridgehead atoms. The van der Waals surface area contributed by atoms with Gasteiger partial charge in [0.05, 0.1) is 5.02 Å². The molecule has 30 heavy (non-hydrogen) atoms. The van der Waals surface area contributed by atoms with Gasteiger partial charge in [-0.2, -0.15) is 0 Å². The maximum atomic E-state index is 13.0. The Morgan fingerprint density at radius 3 is 2.37 bits per heavy atom. The van der Waals surface area contributed by atoms with Crippen LogP contribution >= 0.6 is 34.8 Å². The average Bonchev–Trinajstić information content (AvgIpc) is 2.70. The first-order chi connectivity index (χ1) is 14.2. The van der Waals surface area contributed by atoms with Crippen molar-refractivity contribution in [2.75, 3.05) is 13.2 Å². The number of nitrogens with one attached hydrogen (secondary N) is 1. The van der Waals surface area contributed by atoms with E-state index in [0.29, 0.717) is 38.8 Å². The Balaban J connectivity index is 2.19. The summed E-state index contributed by atoms with van der Waals surface area (Å²) in [6.45, 7) is 6.06. The number of carbonyl (C=O) groups excluding carboxylic acids is 2. The second-order valence-corrected chi connectivity index (χ2v) is 8.54. The van der Waals surface area contributed by atoms with Crippen LogP contribution in [0.2, 0.25) is 15.1 Å². The summed E-state index contributed by atoms with van der Waals surface area (Å²) in [5, 5.41) is 4.17. The minimum absolute atomic E-state index is 0.136. The van der Waals surface area contributed by atoms with E-state index in [1.165, 1.54) is 4.90 Å². The average molecular weight is 472 g/mol. The van der Waals surface area contributed by atoms with Gasteiger partial charge in [-0.05, 0) is 42.7 Å². The van der Waals surface area contributed by atoms with E-state index in [9.17, 15) is 9.59 Å². The zero-order chi connectivity index (χ0) is 22.3. The highest BCUT2D eigenvalue weighted by atomic mass is 35.5. The van der Waals surface area contributed by atoms with Crippen LogP contribution in [-0.4, -0.2) is 35.9 Å². The Morgan fingerprint density at radius 1 is 1.03 bits per heavy atom. The van der Waals surface area contributed by atoms with Crippen LogP contribution in [0.1, 0.15) is 26.3 Å². The monoisotopic (exact) mass is 470 g/mol. The van der Waals surface area contributed by atoms with Crippen LogP contribution in [0, 0.1) is 5.92 Å². The molecule has 0 saturated heterocycles. The highest BCUT2D eigenvalue weighted by Crippen LogP contribution is 2.25. The summed E-state index contributed by atoms with van der Waals surface area (Å²) < 4.78 is 5.59. The molecule has 0 unspecified atom stereocenters. The molecule has 0 radical (unpaired) electrons. The zero-order valence-corrected chi connectivity index (χ0v) is 19.4. The molecule has 0 aliphatic rings. The van der Waals surface area contributed by atoms with Gasteiger partial charge in [-0.1, -0.05) is 66.8 Å². The van der Waals surface area contributed by atoms with Gasteiger partial charge >= 0.3 is 0 Å². The SMILES string of the molecule is CC(C)CNC(=O)[C@@H](C)N(Cc1ccc(Cl)cc1Cl)C(=O)COc1ccccc1Cl. The van der Waals surface area contributed by atoms with Crippen molar-refractivity contribution >= 4 is 46.6 Å². The number of benzene rings is 2. The molecule has 0 fully saturated rings. The van der Waals surface area contributed by atoms with Gasteiger partial charge in [0.25, 0.3) is 5.91 Å². The third-order valence-electron chi connectivity index (χ3n) is 4.40. The number of hydrogen-bond acceptors (Lipinski definition) is 3. The first kappa shape index (κ1) is 24.3. The molecular formula is C22H25Cl3N2O3. The molecule has 0 spiro atoms. The number of ether oxygens (including phenoxy) is 1. The normalized spacial score (nSPS) is 11.8. The van der Waals surface area contributed by atoms with E-state index in [1.54, 1.807) is 49.4 Å². The number of rotatable bonds is 9. The molecule has 0 aliphatic carbocycles. The van der Waals surface area contributed by atoms with Crippen molar-refractivity contribution in [1.29, 1.82) is 0 Å². The van der Waals surface area contributed by atoms with Crippen LogP contribution in [0.3, 0.4) is 0 Å². The van der Waals surface area contributed by atoms with E-state index in [4.69, 9.17) is 39.5 Å². The third-order valence-corrected chi connectivity index (χ3v) is 5.29. The molecule has 0 aromatic heterocycles. The number of amides is 2. The molecule has 2 rings (SSSR count). The highest BCUT2D eigenvalue weighted by Gasteiger charge is 2.27. The Morgan fingerprint density at radius 2 is 1.73 bits per heavy atom. The third kappa shape index (κ3) is 7.08. The summed E-state index contributed by atoms with van der Waals surface area (Å²) in [5.41, 5.74) is 0.677. The molecule has 162 valence electrons. The van der Waals surface area contributed by atoms with Gasteiger partial charge < -0.3 is 15.0 Å². The lowest BCUT2D eigenvalue weighted by molar-refractivity contribution is -0.142. The Kier molecular flexibility index (Phi) is 9.28. The van der Waals surface area contributed by atoms with E-state index in [-0.39, 0.29) is 25.0 Å². The van der Waals surface area contributed by atoms with Crippen molar-refractivity contribution < 1.29 is 14.3 Å². The Labute approximate surface area is 192 Å². The fourth-order valence-corrected chi connectivity index (χ4v) is 3.31. The van der Waals surface area contributed by atoms with E-state index in [2.05, 4.69) is 5.32 Å². The van der Waals surface area contributed by atoms with Crippen LogP contribution in [-0.2, 0) is 16.1 Å². The zero-order valence-electron chi connectivity index (χ0n) is 17.1. The number of halogens is 3. The minimum atomic E-state index is -0.724. The van der Waals surface area contributed by atoms with Crippen LogP contribution in [0.5, 0.6) is 5.75 Å². The predicted octanol–water partition coefficient (Wildman–Crippen LogP) is 5.22. The predicted molar refractivity (Wildman–Crippen MR) is 121 cm³/mol. The van der Waals surface area contributed by atoms with Crippen molar-refractivity contribution in [3.8, 4) is 5.75 Å². The van der Waals surface area contributed by atoms with Crippen LogP contribution in [0.25, 0.3) is 0 Å². The molecule has 2 amide bonds. The van der Waals surface area contributed by atoms with Gasteiger partial charge in [0.1, 0.15) is 11.8 Å². The number of hydrogen-bond donors (Lipinski definition) is 1. The quantitative estimate of drug-likeness (QED) is 0.546. The molecule has 1 atom stereocenters. The van der Waals surface area contributed by atoms with E-state index in [0.717, 1.165) is 0 Å². The lowest BCUT2D eigenvalue weighted by atomic mass is 10.1. The fraction of sp³-hybridized carbons (Fsp3) is 0.364. The summed E-state index contributed by atoms with van der Waals surface area (Å²) in [5.74, 6) is 0.0708. The number of para-hydroxylation sites is 1. The minimum Gasteiger partial charge on any atom is -0.482 e. The summed E-state index contributed by atoms with van der Waals surface area (Å²) in [6.07, 6.45) is 0. The van der Waals surface area contributed by atoms with Crippen LogP contribution in [0.4, 0.5) is 0 Å². The molecule has 1 N–H and O–H groups in total. The number of carbonyl (C=O) groups is 2. The maximum absolute atomic E-state index is 13.0. The number of nitrogens with zero attached hydrogens (tertiary/aromatic N) is 1. The van der Waals surface area contributed by atoms with E-state index >= 15 is 0 Å². The van der Waals surface area contributed by atoms with Gasteiger partial charge in [-0.15, -0.1) is 0 Å².